The molecule has 6 nitrogen and oxygen atoms in total. The second-order valence-electron chi connectivity index (χ2n) is 5.13. The van der Waals surface area contributed by atoms with E-state index in [9.17, 15) is 18.7 Å². The molecule has 0 bridgehead atoms. The summed E-state index contributed by atoms with van der Waals surface area (Å²) in [4.78, 5) is 11.7. The van der Waals surface area contributed by atoms with E-state index in [4.69, 9.17) is 8.83 Å². The molecule has 2 aromatic heterocycles. The number of carbonyl (C=O) groups is 1. The molecule has 8 heteroatoms. The van der Waals surface area contributed by atoms with E-state index in [1.165, 1.54) is 12.3 Å². The van der Waals surface area contributed by atoms with Crippen LogP contribution in [0.2, 0.25) is 0 Å². The number of benzene rings is 1. The van der Waals surface area contributed by atoms with Crippen molar-refractivity contribution in [3.8, 4) is 11.5 Å². The molecule has 0 aliphatic heterocycles. The van der Waals surface area contributed by atoms with Crippen molar-refractivity contribution >= 4 is 11.7 Å². The van der Waals surface area contributed by atoms with E-state index < -0.39 is 29.5 Å². The number of urea groups is 1. The molecule has 0 aliphatic carbocycles. The number of hydrogen-bond acceptors (Lipinski definition) is 4. The van der Waals surface area contributed by atoms with Crippen LogP contribution in [0.15, 0.2) is 57.6 Å². The topological polar surface area (TPSA) is 87.6 Å². The van der Waals surface area contributed by atoms with Crippen LogP contribution >= 0.6 is 0 Å². The van der Waals surface area contributed by atoms with Crippen LogP contribution in [-0.2, 0) is 0 Å². The molecule has 0 saturated carbocycles. The van der Waals surface area contributed by atoms with Crippen molar-refractivity contribution in [2.45, 2.75) is 6.10 Å². The minimum absolute atomic E-state index is 0.212. The molecule has 0 radical (unpaired) electrons. The lowest BCUT2D eigenvalue weighted by molar-refractivity contribution is 0.150. The average Bonchev–Trinajstić information content (AvgIpc) is 3.27. The first kappa shape index (κ1) is 16.7. The quantitative estimate of drug-likeness (QED) is 0.656. The summed E-state index contributed by atoms with van der Waals surface area (Å²) in [5.74, 6) is -0.658. The molecule has 0 spiro atoms. The van der Waals surface area contributed by atoms with Crippen LogP contribution < -0.4 is 10.6 Å². The van der Waals surface area contributed by atoms with Crippen LogP contribution in [0.3, 0.4) is 0 Å². The Morgan fingerprint density at radius 1 is 1.08 bits per heavy atom. The maximum absolute atomic E-state index is 13.5. The summed E-state index contributed by atoms with van der Waals surface area (Å²) >= 11 is 0. The molecule has 0 fully saturated rings. The summed E-state index contributed by atoms with van der Waals surface area (Å²) in [6.45, 7) is -0.215. The number of aliphatic hydroxyl groups is 1. The van der Waals surface area contributed by atoms with E-state index in [0.717, 1.165) is 12.1 Å². The lowest BCUT2D eigenvalue weighted by atomic mass is 10.2. The predicted octanol–water partition coefficient (Wildman–Crippen LogP) is 3.67. The summed E-state index contributed by atoms with van der Waals surface area (Å²) in [6.07, 6.45) is 0.349. The van der Waals surface area contributed by atoms with E-state index >= 15 is 0 Å². The molecule has 3 N–H and O–H groups in total. The van der Waals surface area contributed by atoms with Gasteiger partial charge in [0.15, 0.2) is 11.5 Å². The summed E-state index contributed by atoms with van der Waals surface area (Å²) in [6, 6.07) is 8.92. The molecule has 2 amide bonds. The van der Waals surface area contributed by atoms with Gasteiger partial charge in [0.2, 0.25) is 0 Å². The third kappa shape index (κ3) is 3.86. The number of furan rings is 2. The van der Waals surface area contributed by atoms with Crippen molar-refractivity contribution in [3.63, 3.8) is 0 Å². The second kappa shape index (κ2) is 7.18. The van der Waals surface area contributed by atoms with Crippen molar-refractivity contribution in [2.75, 3.05) is 11.9 Å². The zero-order valence-corrected chi connectivity index (χ0v) is 12.8. The van der Waals surface area contributed by atoms with Crippen LogP contribution in [0.25, 0.3) is 11.5 Å². The summed E-state index contributed by atoms with van der Waals surface area (Å²) < 4.78 is 37.5. The van der Waals surface area contributed by atoms with Gasteiger partial charge in [-0.3, -0.25) is 0 Å². The Labute approximate surface area is 141 Å². The van der Waals surface area contributed by atoms with Crippen molar-refractivity contribution in [1.29, 1.82) is 0 Å². The molecule has 2 heterocycles. The molecule has 3 aromatic rings. The fourth-order valence-corrected chi connectivity index (χ4v) is 2.15. The first-order chi connectivity index (χ1) is 12.0. The fraction of sp³-hybridized carbons (Fsp3) is 0.118. The number of hydrogen-bond donors (Lipinski definition) is 3. The molecule has 130 valence electrons. The third-order valence-corrected chi connectivity index (χ3v) is 3.38. The fourth-order valence-electron chi connectivity index (χ4n) is 2.15. The SMILES string of the molecule is O=C(NCC(O)c1ccc(-c2ccco2)o1)Nc1c(F)cccc1F. The second-order valence-corrected chi connectivity index (χ2v) is 5.13. The van der Waals surface area contributed by atoms with Gasteiger partial charge in [0.05, 0.1) is 12.8 Å². The lowest BCUT2D eigenvalue weighted by Crippen LogP contribution is -2.32. The molecule has 1 unspecified atom stereocenters. The normalized spacial score (nSPS) is 12.0. The first-order valence-corrected chi connectivity index (χ1v) is 7.35. The number of para-hydroxylation sites is 1. The number of nitrogens with one attached hydrogen (secondary N) is 2. The van der Waals surface area contributed by atoms with Crippen molar-refractivity contribution < 1.29 is 27.5 Å². The Bertz CT molecular complexity index is 841. The first-order valence-electron chi connectivity index (χ1n) is 7.35. The highest BCUT2D eigenvalue weighted by Crippen LogP contribution is 2.25. The van der Waals surface area contributed by atoms with E-state index in [1.807, 2.05) is 0 Å². The predicted molar refractivity (Wildman–Crippen MR) is 84.7 cm³/mol. The Hall–Kier alpha value is -3.13. The smallest absolute Gasteiger partial charge is 0.319 e. The van der Waals surface area contributed by atoms with Gasteiger partial charge in [-0.1, -0.05) is 6.07 Å². The molecule has 25 heavy (non-hydrogen) atoms. The molecule has 1 aromatic carbocycles. The van der Waals surface area contributed by atoms with E-state index in [1.54, 1.807) is 24.3 Å². The van der Waals surface area contributed by atoms with Crippen molar-refractivity contribution in [1.82, 2.24) is 5.32 Å². The van der Waals surface area contributed by atoms with Crippen LogP contribution in [0.4, 0.5) is 19.3 Å². The van der Waals surface area contributed by atoms with Crippen LogP contribution in [0.1, 0.15) is 11.9 Å². The zero-order chi connectivity index (χ0) is 17.8. The molecule has 0 aliphatic rings. The highest BCUT2D eigenvalue weighted by Gasteiger charge is 2.17. The Morgan fingerprint density at radius 3 is 2.52 bits per heavy atom. The van der Waals surface area contributed by atoms with Crippen molar-refractivity contribution in [3.05, 3.63) is 66.1 Å². The molecule has 3 rings (SSSR count). The lowest BCUT2D eigenvalue weighted by Gasteiger charge is -2.11. The molecule has 0 saturated heterocycles. The molecular formula is C17H14F2N2O4. The summed E-state index contributed by atoms with van der Waals surface area (Å²) in [5.41, 5.74) is -0.562. The number of aliphatic hydroxyl groups excluding tert-OH is 1. The minimum Gasteiger partial charge on any atom is -0.461 e. The maximum Gasteiger partial charge on any atom is 0.319 e. The van der Waals surface area contributed by atoms with Gasteiger partial charge in [-0.2, -0.15) is 0 Å². The van der Waals surface area contributed by atoms with Crippen LogP contribution in [0, 0.1) is 11.6 Å². The summed E-state index contributed by atoms with van der Waals surface area (Å²) in [5, 5.41) is 14.4. The number of rotatable bonds is 5. The van der Waals surface area contributed by atoms with E-state index in [2.05, 4.69) is 10.6 Å². The molecule has 1 atom stereocenters. The number of amides is 2. The Kier molecular flexibility index (Phi) is 4.80. The van der Waals surface area contributed by atoms with Gasteiger partial charge < -0.3 is 24.6 Å². The standard InChI is InChI=1S/C17H14F2N2O4/c18-10-3-1-4-11(19)16(10)21-17(23)20-9-12(22)13-6-7-15(25-13)14-5-2-8-24-14/h1-8,12,22H,9H2,(H2,20,21,23). The number of halogens is 2. The minimum atomic E-state index is -1.14. The largest absolute Gasteiger partial charge is 0.461 e. The average molecular weight is 348 g/mol. The van der Waals surface area contributed by atoms with Gasteiger partial charge in [-0.05, 0) is 36.4 Å². The number of carbonyl (C=O) groups excluding carboxylic acids is 1. The number of anilines is 1. The Morgan fingerprint density at radius 2 is 1.84 bits per heavy atom. The van der Waals surface area contributed by atoms with Crippen molar-refractivity contribution in [2.24, 2.45) is 0 Å². The molecular weight excluding hydrogens is 334 g/mol. The van der Waals surface area contributed by atoms with E-state index in [0.29, 0.717) is 11.5 Å². The zero-order valence-electron chi connectivity index (χ0n) is 12.8. The Balaban J connectivity index is 1.57. The van der Waals surface area contributed by atoms with Gasteiger partial charge in [-0.25, -0.2) is 13.6 Å². The van der Waals surface area contributed by atoms with Crippen LogP contribution in [0.5, 0.6) is 0 Å². The van der Waals surface area contributed by atoms with Gasteiger partial charge in [-0.15, -0.1) is 0 Å². The van der Waals surface area contributed by atoms with Gasteiger partial charge in [0.25, 0.3) is 0 Å². The maximum atomic E-state index is 13.5. The van der Waals surface area contributed by atoms with Gasteiger partial charge in [0.1, 0.15) is 29.2 Å². The van der Waals surface area contributed by atoms with Crippen LogP contribution in [-0.4, -0.2) is 17.7 Å². The third-order valence-electron chi connectivity index (χ3n) is 3.38. The highest BCUT2D eigenvalue weighted by atomic mass is 19.1. The van der Waals surface area contributed by atoms with Gasteiger partial charge >= 0.3 is 6.03 Å². The highest BCUT2D eigenvalue weighted by molar-refractivity contribution is 5.89. The monoisotopic (exact) mass is 348 g/mol. The summed E-state index contributed by atoms with van der Waals surface area (Å²) in [7, 11) is 0. The van der Waals surface area contributed by atoms with Gasteiger partial charge in [0, 0.05) is 0 Å². The van der Waals surface area contributed by atoms with E-state index in [-0.39, 0.29) is 12.3 Å².